The fourth-order valence-electron chi connectivity index (χ4n) is 2.88. The summed E-state index contributed by atoms with van der Waals surface area (Å²) in [7, 11) is 0. The van der Waals surface area contributed by atoms with Crippen LogP contribution < -0.4 is 0 Å². The molecule has 1 aliphatic carbocycles. The molecular formula is C13H19F3O4S. The van der Waals surface area contributed by atoms with Gasteiger partial charge in [0.2, 0.25) is 0 Å². The van der Waals surface area contributed by atoms with Gasteiger partial charge in [0, 0.05) is 18.6 Å². The summed E-state index contributed by atoms with van der Waals surface area (Å²) in [5.74, 6) is -1.94. The Morgan fingerprint density at radius 1 is 1.29 bits per heavy atom. The van der Waals surface area contributed by atoms with E-state index in [4.69, 9.17) is 9.47 Å². The minimum absolute atomic E-state index is 0.126. The lowest BCUT2D eigenvalue weighted by atomic mass is 9.83. The van der Waals surface area contributed by atoms with Crippen molar-refractivity contribution in [2.45, 2.75) is 49.3 Å². The second-order valence-corrected chi connectivity index (χ2v) is 6.69. The second kappa shape index (κ2) is 6.75. The summed E-state index contributed by atoms with van der Waals surface area (Å²) in [5, 5.41) is 8.46. The zero-order chi connectivity index (χ0) is 15.5. The molecular weight excluding hydrogens is 309 g/mol. The maximum Gasteiger partial charge on any atom is 0.389 e. The highest BCUT2D eigenvalue weighted by atomic mass is 32.2. The van der Waals surface area contributed by atoms with Gasteiger partial charge in [-0.1, -0.05) is 0 Å². The molecule has 1 atom stereocenters. The van der Waals surface area contributed by atoms with Crippen LogP contribution in [-0.2, 0) is 14.3 Å². The van der Waals surface area contributed by atoms with Crippen molar-refractivity contribution in [2.75, 3.05) is 19.0 Å². The Balaban J connectivity index is 1.83. The summed E-state index contributed by atoms with van der Waals surface area (Å²) in [5.41, 5.74) is 0. The number of alkyl halides is 3. The van der Waals surface area contributed by atoms with Crippen LogP contribution in [0.2, 0.25) is 0 Å². The summed E-state index contributed by atoms with van der Waals surface area (Å²) in [6, 6.07) is 0. The Hall–Kier alpha value is -0.470. The van der Waals surface area contributed by atoms with Crippen molar-refractivity contribution in [2.24, 2.45) is 5.92 Å². The lowest BCUT2D eigenvalue weighted by molar-refractivity contribution is -0.183. The molecule has 1 spiro atoms. The molecule has 1 heterocycles. The Morgan fingerprint density at radius 2 is 1.86 bits per heavy atom. The molecule has 1 aliphatic heterocycles. The Labute approximate surface area is 125 Å². The van der Waals surface area contributed by atoms with Crippen molar-refractivity contribution >= 4 is 17.7 Å². The van der Waals surface area contributed by atoms with Gasteiger partial charge >= 0.3 is 12.1 Å². The molecule has 0 aromatic rings. The van der Waals surface area contributed by atoms with E-state index in [0.717, 1.165) is 11.8 Å². The third kappa shape index (κ3) is 4.75. The molecule has 0 aromatic carbocycles. The molecule has 122 valence electrons. The summed E-state index contributed by atoms with van der Waals surface area (Å²) in [6.45, 7) is 1.10. The van der Waals surface area contributed by atoms with Gasteiger partial charge in [0.25, 0.3) is 0 Å². The number of rotatable bonds is 5. The smallest absolute Gasteiger partial charge is 0.389 e. The van der Waals surface area contributed by atoms with Crippen LogP contribution in [0.4, 0.5) is 13.2 Å². The maximum atomic E-state index is 12.2. The molecule has 0 amide bonds. The van der Waals surface area contributed by atoms with E-state index >= 15 is 0 Å². The molecule has 1 N–H and O–H groups in total. The average Bonchev–Trinajstić information content (AvgIpc) is 2.83. The summed E-state index contributed by atoms with van der Waals surface area (Å²) in [6.07, 6.45) is -2.75. The highest BCUT2D eigenvalue weighted by Gasteiger charge is 2.43. The van der Waals surface area contributed by atoms with Gasteiger partial charge in [-0.2, -0.15) is 13.2 Å². The average molecular weight is 328 g/mol. The summed E-state index contributed by atoms with van der Waals surface area (Å²) in [4.78, 5) is 11.3. The summed E-state index contributed by atoms with van der Waals surface area (Å²) >= 11 is 0.893. The number of halogens is 3. The number of hydrogen-bond donors (Lipinski definition) is 1. The Bertz CT molecular complexity index is 359. The number of hydrogen-bond acceptors (Lipinski definition) is 4. The molecule has 8 heteroatoms. The fourth-order valence-corrected chi connectivity index (χ4v) is 4.17. The number of carboxylic acid groups (broad SMARTS) is 1. The van der Waals surface area contributed by atoms with Gasteiger partial charge in [-0.25, -0.2) is 0 Å². The third-order valence-electron chi connectivity index (χ3n) is 3.96. The molecule has 4 nitrogen and oxygen atoms in total. The quantitative estimate of drug-likeness (QED) is 0.840. The standard InChI is InChI=1S/C13H19F3O4S/c14-13(15,16)5-8-21-10(11(17)18)9-1-3-12(4-2-9)19-6-7-20-12/h9-10H,1-8H2,(H,17,18). The molecule has 1 saturated heterocycles. The minimum atomic E-state index is -4.24. The zero-order valence-corrected chi connectivity index (χ0v) is 12.3. The highest BCUT2D eigenvalue weighted by Crippen LogP contribution is 2.42. The van der Waals surface area contributed by atoms with E-state index in [1.165, 1.54) is 0 Å². The van der Waals surface area contributed by atoms with E-state index in [1.807, 2.05) is 0 Å². The fraction of sp³-hybridized carbons (Fsp3) is 0.923. The van der Waals surface area contributed by atoms with Crippen molar-refractivity contribution in [1.82, 2.24) is 0 Å². The van der Waals surface area contributed by atoms with Gasteiger partial charge < -0.3 is 14.6 Å². The van der Waals surface area contributed by atoms with Gasteiger partial charge in [0.15, 0.2) is 5.79 Å². The van der Waals surface area contributed by atoms with Crippen LogP contribution in [0.5, 0.6) is 0 Å². The van der Waals surface area contributed by atoms with Gasteiger partial charge in [-0.05, 0) is 18.8 Å². The van der Waals surface area contributed by atoms with Crippen LogP contribution >= 0.6 is 11.8 Å². The van der Waals surface area contributed by atoms with Crippen molar-refractivity contribution in [3.8, 4) is 0 Å². The van der Waals surface area contributed by atoms with E-state index in [0.29, 0.717) is 38.9 Å². The van der Waals surface area contributed by atoms with Crippen molar-refractivity contribution < 1.29 is 32.5 Å². The van der Waals surface area contributed by atoms with Gasteiger partial charge in [0.05, 0.1) is 19.6 Å². The first-order valence-electron chi connectivity index (χ1n) is 7.00. The molecule has 2 aliphatic rings. The first kappa shape index (κ1) is 16.9. The van der Waals surface area contributed by atoms with E-state index < -0.39 is 29.6 Å². The lowest BCUT2D eigenvalue weighted by Gasteiger charge is -2.37. The number of carbonyl (C=O) groups is 1. The number of carboxylic acids is 1. The van der Waals surface area contributed by atoms with Crippen LogP contribution in [0.25, 0.3) is 0 Å². The Kier molecular flexibility index (Phi) is 5.43. The minimum Gasteiger partial charge on any atom is -0.480 e. The predicted octanol–water partition coefficient (Wildman–Crippen LogP) is 3.06. The topological polar surface area (TPSA) is 55.8 Å². The first-order valence-corrected chi connectivity index (χ1v) is 8.05. The number of aliphatic carboxylic acids is 1. The number of ether oxygens (including phenoxy) is 2. The lowest BCUT2D eigenvalue weighted by Crippen LogP contribution is -2.39. The van der Waals surface area contributed by atoms with Crippen LogP contribution in [-0.4, -0.2) is 47.3 Å². The third-order valence-corrected chi connectivity index (χ3v) is 5.35. The first-order chi connectivity index (χ1) is 9.81. The van der Waals surface area contributed by atoms with Crippen LogP contribution in [0.15, 0.2) is 0 Å². The molecule has 2 fully saturated rings. The molecule has 21 heavy (non-hydrogen) atoms. The largest absolute Gasteiger partial charge is 0.480 e. The van der Waals surface area contributed by atoms with Gasteiger partial charge in [-0.3, -0.25) is 4.79 Å². The van der Waals surface area contributed by atoms with Crippen LogP contribution in [0.3, 0.4) is 0 Å². The second-order valence-electron chi connectivity index (χ2n) is 5.44. The molecule has 0 bridgehead atoms. The number of thioether (sulfide) groups is 1. The predicted molar refractivity (Wildman–Crippen MR) is 71.1 cm³/mol. The molecule has 0 radical (unpaired) electrons. The van der Waals surface area contributed by atoms with Gasteiger partial charge in [0.1, 0.15) is 5.25 Å². The monoisotopic (exact) mass is 328 g/mol. The SMILES string of the molecule is O=C(O)C(SCCC(F)(F)F)C1CCC2(CC1)OCCO2. The van der Waals surface area contributed by atoms with E-state index in [9.17, 15) is 23.1 Å². The van der Waals surface area contributed by atoms with Crippen LogP contribution in [0.1, 0.15) is 32.1 Å². The van der Waals surface area contributed by atoms with E-state index in [1.54, 1.807) is 0 Å². The normalized spacial score (nSPS) is 24.3. The maximum absolute atomic E-state index is 12.2. The molecule has 1 unspecified atom stereocenters. The summed E-state index contributed by atoms with van der Waals surface area (Å²) < 4.78 is 47.6. The molecule has 2 rings (SSSR count). The van der Waals surface area contributed by atoms with Crippen LogP contribution in [0, 0.1) is 5.92 Å². The van der Waals surface area contributed by atoms with Gasteiger partial charge in [-0.15, -0.1) is 11.8 Å². The van der Waals surface area contributed by atoms with E-state index in [-0.39, 0.29) is 11.7 Å². The highest BCUT2D eigenvalue weighted by molar-refractivity contribution is 8.00. The Morgan fingerprint density at radius 3 is 2.33 bits per heavy atom. The van der Waals surface area contributed by atoms with Crippen molar-refractivity contribution in [1.29, 1.82) is 0 Å². The zero-order valence-electron chi connectivity index (χ0n) is 11.5. The van der Waals surface area contributed by atoms with Crippen molar-refractivity contribution in [3.05, 3.63) is 0 Å². The van der Waals surface area contributed by atoms with E-state index in [2.05, 4.69) is 0 Å². The van der Waals surface area contributed by atoms with Crippen molar-refractivity contribution in [3.63, 3.8) is 0 Å². The molecule has 1 saturated carbocycles. The molecule has 0 aromatic heterocycles.